The molecular formula is C20H30N2O3. The molecule has 2 saturated heterocycles. The van der Waals surface area contributed by atoms with Crippen LogP contribution < -0.4 is 4.74 Å². The van der Waals surface area contributed by atoms with Gasteiger partial charge in [-0.25, -0.2) is 0 Å². The fourth-order valence-electron chi connectivity index (χ4n) is 4.38. The molecule has 0 saturated carbocycles. The van der Waals surface area contributed by atoms with Crippen LogP contribution in [-0.4, -0.2) is 67.7 Å². The van der Waals surface area contributed by atoms with Crippen LogP contribution >= 0.6 is 0 Å². The Morgan fingerprint density at radius 1 is 1.28 bits per heavy atom. The standard InChI is InChI=1S/C20H30N2O3/c1-4-25-18-7-5-6-16(14-18)19(23)22-12-10-20(11-13-22)9-8-17(15-24-3)21(20)2/h5-7,14,17H,4,8-13,15H2,1-3H3/t17-/m1/s1. The molecule has 2 aliphatic rings. The van der Waals surface area contributed by atoms with Gasteiger partial charge in [-0.1, -0.05) is 6.07 Å². The third-order valence-corrected chi connectivity index (χ3v) is 5.97. The molecular weight excluding hydrogens is 316 g/mol. The molecule has 1 aromatic carbocycles. The van der Waals surface area contributed by atoms with Crippen LogP contribution in [0.5, 0.6) is 5.75 Å². The fraction of sp³-hybridized carbons (Fsp3) is 0.650. The highest BCUT2D eigenvalue weighted by Crippen LogP contribution is 2.40. The third kappa shape index (κ3) is 3.67. The Morgan fingerprint density at radius 2 is 2.04 bits per heavy atom. The highest BCUT2D eigenvalue weighted by molar-refractivity contribution is 5.94. The van der Waals surface area contributed by atoms with Gasteiger partial charge in [-0.15, -0.1) is 0 Å². The average Bonchev–Trinajstić information content (AvgIpc) is 2.92. The van der Waals surface area contributed by atoms with Crippen molar-refractivity contribution in [3.63, 3.8) is 0 Å². The summed E-state index contributed by atoms with van der Waals surface area (Å²) in [5.41, 5.74) is 0.964. The first-order chi connectivity index (χ1) is 12.1. The molecule has 25 heavy (non-hydrogen) atoms. The van der Waals surface area contributed by atoms with Crippen molar-refractivity contribution in [3.8, 4) is 5.75 Å². The highest BCUT2D eigenvalue weighted by atomic mass is 16.5. The van der Waals surface area contributed by atoms with Gasteiger partial charge in [-0.2, -0.15) is 0 Å². The average molecular weight is 346 g/mol. The first-order valence-electron chi connectivity index (χ1n) is 9.33. The van der Waals surface area contributed by atoms with Gasteiger partial charge >= 0.3 is 0 Å². The zero-order valence-corrected chi connectivity index (χ0v) is 15.7. The van der Waals surface area contributed by atoms with Gasteiger partial charge in [0.25, 0.3) is 5.91 Å². The molecule has 1 atom stereocenters. The molecule has 0 bridgehead atoms. The van der Waals surface area contributed by atoms with E-state index in [1.807, 2.05) is 36.1 Å². The maximum Gasteiger partial charge on any atom is 0.253 e. The minimum absolute atomic E-state index is 0.116. The topological polar surface area (TPSA) is 42.0 Å². The normalized spacial score (nSPS) is 23.2. The smallest absolute Gasteiger partial charge is 0.253 e. The Labute approximate surface area is 150 Å². The summed E-state index contributed by atoms with van der Waals surface area (Å²) in [6.07, 6.45) is 4.48. The number of rotatable bonds is 5. The van der Waals surface area contributed by atoms with E-state index < -0.39 is 0 Å². The Kier molecular flexibility index (Phi) is 5.64. The summed E-state index contributed by atoms with van der Waals surface area (Å²) in [6.45, 7) is 5.00. The number of piperidine rings is 1. The lowest BCUT2D eigenvalue weighted by Gasteiger charge is -2.45. The van der Waals surface area contributed by atoms with E-state index in [2.05, 4.69) is 11.9 Å². The van der Waals surface area contributed by atoms with E-state index in [0.717, 1.165) is 43.9 Å². The van der Waals surface area contributed by atoms with Crippen molar-refractivity contribution in [1.82, 2.24) is 9.80 Å². The van der Waals surface area contributed by atoms with Crippen molar-refractivity contribution in [1.29, 1.82) is 0 Å². The van der Waals surface area contributed by atoms with Crippen LogP contribution in [0.15, 0.2) is 24.3 Å². The van der Waals surface area contributed by atoms with Crippen molar-refractivity contribution in [3.05, 3.63) is 29.8 Å². The van der Waals surface area contributed by atoms with Crippen LogP contribution in [0.1, 0.15) is 43.0 Å². The number of likely N-dealkylation sites (N-methyl/N-ethyl adjacent to an activating group) is 1. The fourth-order valence-corrected chi connectivity index (χ4v) is 4.38. The Bertz CT molecular complexity index is 596. The van der Waals surface area contributed by atoms with Gasteiger partial charge in [-0.05, 0) is 57.9 Å². The van der Waals surface area contributed by atoms with E-state index in [0.29, 0.717) is 12.6 Å². The van der Waals surface area contributed by atoms with Gasteiger partial charge in [0.15, 0.2) is 0 Å². The van der Waals surface area contributed by atoms with E-state index in [4.69, 9.17) is 9.47 Å². The summed E-state index contributed by atoms with van der Waals surface area (Å²) in [4.78, 5) is 17.3. The minimum atomic E-state index is 0.116. The van der Waals surface area contributed by atoms with Crippen molar-refractivity contribution in [2.45, 2.75) is 44.2 Å². The number of amides is 1. The first-order valence-corrected chi connectivity index (χ1v) is 9.33. The van der Waals surface area contributed by atoms with Gasteiger partial charge in [0, 0.05) is 37.3 Å². The van der Waals surface area contributed by atoms with Crippen LogP contribution in [0.25, 0.3) is 0 Å². The molecule has 0 aromatic heterocycles. The number of hydrogen-bond acceptors (Lipinski definition) is 4. The van der Waals surface area contributed by atoms with Gasteiger partial charge in [0.1, 0.15) is 5.75 Å². The minimum Gasteiger partial charge on any atom is -0.494 e. The number of hydrogen-bond donors (Lipinski definition) is 0. The number of carbonyl (C=O) groups is 1. The predicted molar refractivity (Wildman–Crippen MR) is 98.1 cm³/mol. The molecule has 3 rings (SSSR count). The summed E-state index contributed by atoms with van der Waals surface area (Å²) < 4.78 is 10.9. The maximum atomic E-state index is 12.8. The van der Waals surface area contributed by atoms with Gasteiger partial charge in [-0.3, -0.25) is 9.69 Å². The van der Waals surface area contributed by atoms with Crippen molar-refractivity contribution < 1.29 is 14.3 Å². The molecule has 2 heterocycles. The summed E-state index contributed by atoms with van der Waals surface area (Å²) >= 11 is 0. The van der Waals surface area contributed by atoms with E-state index >= 15 is 0 Å². The summed E-state index contributed by atoms with van der Waals surface area (Å²) in [5.74, 6) is 0.880. The number of ether oxygens (including phenoxy) is 2. The summed E-state index contributed by atoms with van der Waals surface area (Å²) in [7, 11) is 4.00. The molecule has 138 valence electrons. The molecule has 0 unspecified atom stereocenters. The van der Waals surface area contributed by atoms with Crippen LogP contribution in [-0.2, 0) is 4.74 Å². The van der Waals surface area contributed by atoms with Gasteiger partial charge < -0.3 is 14.4 Å². The predicted octanol–water partition coefficient (Wildman–Crippen LogP) is 2.80. The zero-order valence-electron chi connectivity index (χ0n) is 15.7. The van der Waals surface area contributed by atoms with Crippen LogP contribution in [0.4, 0.5) is 0 Å². The molecule has 5 nitrogen and oxygen atoms in total. The van der Waals surface area contributed by atoms with E-state index in [-0.39, 0.29) is 11.4 Å². The Hall–Kier alpha value is -1.59. The van der Waals surface area contributed by atoms with Crippen LogP contribution in [0, 0.1) is 0 Å². The van der Waals surface area contributed by atoms with Crippen molar-refractivity contribution in [2.24, 2.45) is 0 Å². The first kappa shape index (κ1) is 18.2. The molecule has 2 fully saturated rings. The van der Waals surface area contributed by atoms with E-state index in [1.165, 1.54) is 12.8 Å². The quantitative estimate of drug-likeness (QED) is 0.822. The molecule has 1 spiro atoms. The second-order valence-corrected chi connectivity index (χ2v) is 7.24. The molecule has 1 aromatic rings. The Balaban J connectivity index is 1.62. The molecule has 0 N–H and O–H groups in total. The van der Waals surface area contributed by atoms with E-state index in [9.17, 15) is 4.79 Å². The highest BCUT2D eigenvalue weighted by Gasteiger charge is 2.46. The number of nitrogens with zero attached hydrogens (tertiary/aromatic N) is 2. The summed E-state index contributed by atoms with van der Waals surface area (Å²) in [6, 6.07) is 8.03. The lowest BCUT2D eigenvalue weighted by Crippen LogP contribution is -2.54. The lowest BCUT2D eigenvalue weighted by atomic mass is 9.85. The maximum absolute atomic E-state index is 12.8. The SMILES string of the molecule is CCOc1cccc(C(=O)N2CCC3(CC[C@H](COC)N3C)CC2)c1. The molecule has 0 aliphatic carbocycles. The summed E-state index contributed by atoms with van der Waals surface area (Å²) in [5, 5.41) is 0. The number of benzene rings is 1. The Morgan fingerprint density at radius 3 is 2.72 bits per heavy atom. The largest absolute Gasteiger partial charge is 0.494 e. The second-order valence-electron chi connectivity index (χ2n) is 7.24. The zero-order chi connectivity index (χ0) is 17.9. The number of carbonyl (C=O) groups excluding carboxylic acids is 1. The van der Waals surface area contributed by atoms with Gasteiger partial charge in [0.2, 0.25) is 0 Å². The molecule has 1 amide bonds. The van der Waals surface area contributed by atoms with Crippen LogP contribution in [0.2, 0.25) is 0 Å². The molecule has 0 radical (unpaired) electrons. The third-order valence-electron chi connectivity index (χ3n) is 5.97. The molecule has 5 heteroatoms. The number of likely N-dealkylation sites (tertiary alicyclic amines) is 2. The number of methoxy groups -OCH3 is 1. The molecule has 2 aliphatic heterocycles. The van der Waals surface area contributed by atoms with Crippen molar-refractivity contribution in [2.75, 3.05) is 40.5 Å². The second kappa shape index (κ2) is 7.75. The monoisotopic (exact) mass is 346 g/mol. The van der Waals surface area contributed by atoms with Gasteiger partial charge in [0.05, 0.1) is 13.2 Å². The van der Waals surface area contributed by atoms with Crippen molar-refractivity contribution >= 4 is 5.91 Å². The van der Waals surface area contributed by atoms with Crippen LogP contribution in [0.3, 0.4) is 0 Å². The lowest BCUT2D eigenvalue weighted by molar-refractivity contribution is 0.0273. The van der Waals surface area contributed by atoms with E-state index in [1.54, 1.807) is 7.11 Å².